The maximum Gasteiger partial charge on any atom is 0.227 e. The van der Waals surface area contributed by atoms with Crippen molar-refractivity contribution in [3.63, 3.8) is 0 Å². The number of aromatic nitrogens is 2. The fraction of sp³-hybridized carbons (Fsp3) is 0.250. The summed E-state index contributed by atoms with van der Waals surface area (Å²) in [6.45, 7) is 4.27. The zero-order valence-electron chi connectivity index (χ0n) is 14.7. The predicted molar refractivity (Wildman–Crippen MR) is 97.2 cm³/mol. The van der Waals surface area contributed by atoms with Crippen LogP contribution in [-0.4, -0.2) is 16.0 Å². The molecule has 0 fully saturated rings. The van der Waals surface area contributed by atoms with Crippen LogP contribution in [0.25, 0.3) is 11.4 Å². The number of amides is 1. The van der Waals surface area contributed by atoms with E-state index in [0.29, 0.717) is 29.7 Å². The van der Waals surface area contributed by atoms with Crippen LogP contribution in [-0.2, 0) is 11.2 Å². The SMILES string of the molecule is CC(C)c1ccc(-c2noc(CCC(=O)Nc3ccc(F)cc3)n2)cc1. The van der Waals surface area contributed by atoms with Gasteiger partial charge in [0.05, 0.1) is 0 Å². The Kier molecular flexibility index (Phi) is 5.41. The topological polar surface area (TPSA) is 68.0 Å². The molecule has 26 heavy (non-hydrogen) atoms. The Morgan fingerprint density at radius 1 is 1.12 bits per heavy atom. The van der Waals surface area contributed by atoms with Gasteiger partial charge in [0, 0.05) is 24.1 Å². The van der Waals surface area contributed by atoms with Gasteiger partial charge in [-0.3, -0.25) is 4.79 Å². The number of benzene rings is 2. The number of aryl methyl sites for hydroxylation is 1. The van der Waals surface area contributed by atoms with Crippen molar-refractivity contribution in [2.45, 2.75) is 32.6 Å². The molecule has 1 aromatic heterocycles. The molecule has 0 aliphatic carbocycles. The first-order chi connectivity index (χ1) is 12.5. The monoisotopic (exact) mass is 353 g/mol. The van der Waals surface area contributed by atoms with Crippen LogP contribution in [0.15, 0.2) is 53.1 Å². The van der Waals surface area contributed by atoms with E-state index in [1.807, 2.05) is 24.3 Å². The summed E-state index contributed by atoms with van der Waals surface area (Å²) >= 11 is 0. The number of halogens is 1. The molecule has 1 heterocycles. The predicted octanol–water partition coefficient (Wildman–Crippen LogP) is 4.57. The molecule has 0 saturated carbocycles. The van der Waals surface area contributed by atoms with E-state index in [4.69, 9.17) is 4.52 Å². The number of hydrogen-bond acceptors (Lipinski definition) is 4. The molecule has 0 bridgehead atoms. The summed E-state index contributed by atoms with van der Waals surface area (Å²) in [6.07, 6.45) is 0.537. The van der Waals surface area contributed by atoms with E-state index in [-0.39, 0.29) is 18.1 Å². The van der Waals surface area contributed by atoms with Crippen molar-refractivity contribution in [3.05, 3.63) is 65.8 Å². The van der Waals surface area contributed by atoms with Gasteiger partial charge in [0.1, 0.15) is 5.82 Å². The van der Waals surface area contributed by atoms with E-state index in [2.05, 4.69) is 29.3 Å². The lowest BCUT2D eigenvalue weighted by Gasteiger charge is -2.04. The van der Waals surface area contributed by atoms with Crippen molar-refractivity contribution in [3.8, 4) is 11.4 Å². The average Bonchev–Trinajstić information content (AvgIpc) is 3.11. The number of anilines is 1. The molecule has 1 N–H and O–H groups in total. The second-order valence-corrected chi connectivity index (χ2v) is 6.34. The van der Waals surface area contributed by atoms with Crippen LogP contribution in [0.1, 0.15) is 37.6 Å². The minimum absolute atomic E-state index is 0.197. The zero-order chi connectivity index (χ0) is 18.5. The lowest BCUT2D eigenvalue weighted by atomic mass is 10.0. The average molecular weight is 353 g/mol. The molecule has 0 saturated heterocycles. The highest BCUT2D eigenvalue weighted by atomic mass is 19.1. The maximum absolute atomic E-state index is 12.9. The minimum atomic E-state index is -0.345. The molecule has 2 aromatic carbocycles. The van der Waals surface area contributed by atoms with Crippen molar-refractivity contribution in [1.82, 2.24) is 10.1 Å². The Balaban J connectivity index is 1.56. The maximum atomic E-state index is 12.9. The first-order valence-electron chi connectivity index (χ1n) is 8.49. The number of carbonyl (C=O) groups is 1. The van der Waals surface area contributed by atoms with Gasteiger partial charge in [-0.15, -0.1) is 0 Å². The van der Waals surface area contributed by atoms with Gasteiger partial charge in [-0.05, 0) is 35.7 Å². The summed E-state index contributed by atoms with van der Waals surface area (Å²) in [7, 11) is 0. The van der Waals surface area contributed by atoms with Crippen molar-refractivity contribution >= 4 is 11.6 Å². The molecule has 5 nitrogen and oxygen atoms in total. The number of hydrogen-bond donors (Lipinski definition) is 1. The van der Waals surface area contributed by atoms with Crippen LogP contribution >= 0.6 is 0 Å². The van der Waals surface area contributed by atoms with E-state index < -0.39 is 0 Å². The van der Waals surface area contributed by atoms with Crippen LogP contribution in [0.2, 0.25) is 0 Å². The van der Waals surface area contributed by atoms with Crippen molar-refractivity contribution in [2.24, 2.45) is 0 Å². The highest BCUT2D eigenvalue weighted by Crippen LogP contribution is 2.20. The smallest absolute Gasteiger partial charge is 0.227 e. The molecule has 0 aliphatic rings. The third-order valence-corrected chi connectivity index (χ3v) is 4.00. The van der Waals surface area contributed by atoms with Crippen LogP contribution < -0.4 is 5.32 Å². The fourth-order valence-electron chi connectivity index (χ4n) is 2.47. The summed E-state index contributed by atoms with van der Waals surface area (Å²) < 4.78 is 18.1. The molecule has 0 spiro atoms. The number of rotatable bonds is 6. The standard InChI is InChI=1S/C20H20FN3O2/c1-13(2)14-3-5-15(6-4-14)20-23-19(26-24-20)12-11-18(25)22-17-9-7-16(21)8-10-17/h3-10,13H,11-12H2,1-2H3,(H,22,25). The van der Waals surface area contributed by atoms with Gasteiger partial charge in [0.2, 0.25) is 17.6 Å². The quantitative estimate of drug-likeness (QED) is 0.705. The van der Waals surface area contributed by atoms with E-state index >= 15 is 0 Å². The third-order valence-electron chi connectivity index (χ3n) is 4.00. The van der Waals surface area contributed by atoms with Gasteiger partial charge < -0.3 is 9.84 Å². The van der Waals surface area contributed by atoms with Crippen molar-refractivity contribution in [2.75, 3.05) is 5.32 Å². The van der Waals surface area contributed by atoms with Gasteiger partial charge in [0.25, 0.3) is 0 Å². The molecule has 3 rings (SSSR count). The highest BCUT2D eigenvalue weighted by Gasteiger charge is 2.11. The number of carbonyl (C=O) groups excluding carboxylic acids is 1. The molecule has 134 valence electrons. The van der Waals surface area contributed by atoms with Crippen LogP contribution in [0, 0.1) is 5.82 Å². The minimum Gasteiger partial charge on any atom is -0.339 e. The normalized spacial score (nSPS) is 10.9. The van der Waals surface area contributed by atoms with Gasteiger partial charge in [-0.2, -0.15) is 4.98 Å². The lowest BCUT2D eigenvalue weighted by molar-refractivity contribution is -0.116. The van der Waals surface area contributed by atoms with E-state index in [0.717, 1.165) is 5.56 Å². The Labute approximate surface area is 151 Å². The Morgan fingerprint density at radius 2 is 1.81 bits per heavy atom. The van der Waals surface area contributed by atoms with Gasteiger partial charge >= 0.3 is 0 Å². The van der Waals surface area contributed by atoms with E-state index in [1.165, 1.54) is 29.8 Å². The van der Waals surface area contributed by atoms with Gasteiger partial charge in [-0.25, -0.2) is 4.39 Å². The Bertz CT molecular complexity index is 871. The number of nitrogens with one attached hydrogen (secondary N) is 1. The highest BCUT2D eigenvalue weighted by molar-refractivity contribution is 5.90. The molecule has 0 atom stereocenters. The summed E-state index contributed by atoms with van der Waals surface area (Å²) in [5.41, 5.74) is 2.67. The third kappa shape index (κ3) is 4.53. The lowest BCUT2D eigenvalue weighted by Crippen LogP contribution is -2.12. The number of nitrogens with zero attached hydrogens (tertiary/aromatic N) is 2. The second-order valence-electron chi connectivity index (χ2n) is 6.34. The Hall–Kier alpha value is -3.02. The largest absolute Gasteiger partial charge is 0.339 e. The molecule has 0 radical (unpaired) electrons. The van der Waals surface area contributed by atoms with Crippen molar-refractivity contribution in [1.29, 1.82) is 0 Å². The van der Waals surface area contributed by atoms with E-state index in [9.17, 15) is 9.18 Å². The molecule has 0 unspecified atom stereocenters. The Morgan fingerprint density at radius 3 is 2.46 bits per heavy atom. The zero-order valence-corrected chi connectivity index (χ0v) is 14.7. The van der Waals surface area contributed by atoms with Crippen molar-refractivity contribution < 1.29 is 13.7 Å². The van der Waals surface area contributed by atoms with Crippen LogP contribution in [0.3, 0.4) is 0 Å². The fourth-order valence-corrected chi connectivity index (χ4v) is 2.47. The molecule has 0 aliphatic heterocycles. The summed E-state index contributed by atoms with van der Waals surface area (Å²) in [5, 5.41) is 6.67. The van der Waals surface area contributed by atoms with Gasteiger partial charge in [-0.1, -0.05) is 43.3 Å². The first kappa shape index (κ1) is 17.8. The molecule has 6 heteroatoms. The van der Waals surface area contributed by atoms with Crippen LogP contribution in [0.5, 0.6) is 0 Å². The summed E-state index contributed by atoms with van der Waals surface area (Å²) in [6, 6.07) is 13.6. The second kappa shape index (κ2) is 7.91. The summed E-state index contributed by atoms with van der Waals surface area (Å²) in [5.74, 6) is 0.835. The van der Waals surface area contributed by atoms with Crippen LogP contribution in [0.4, 0.5) is 10.1 Å². The molecular formula is C20H20FN3O2. The first-order valence-corrected chi connectivity index (χ1v) is 8.49. The summed E-state index contributed by atoms with van der Waals surface area (Å²) in [4.78, 5) is 16.3. The van der Waals surface area contributed by atoms with E-state index in [1.54, 1.807) is 0 Å². The molecule has 3 aromatic rings. The van der Waals surface area contributed by atoms with Gasteiger partial charge in [0.15, 0.2) is 0 Å². The molecular weight excluding hydrogens is 333 g/mol. The molecule has 1 amide bonds.